The Bertz CT molecular complexity index is 424. The van der Waals surface area contributed by atoms with Gasteiger partial charge in [0.15, 0.2) is 0 Å². The molecule has 0 aromatic heterocycles. The minimum atomic E-state index is -0.125. The van der Waals surface area contributed by atoms with E-state index in [4.69, 9.17) is 11.6 Å². The maximum absolute atomic E-state index is 12.0. The fourth-order valence-corrected chi connectivity index (χ4v) is 2.79. The van der Waals surface area contributed by atoms with E-state index >= 15 is 0 Å². The van der Waals surface area contributed by atoms with E-state index in [0.717, 1.165) is 25.7 Å². The first-order valence-electron chi connectivity index (χ1n) is 6.80. The summed E-state index contributed by atoms with van der Waals surface area (Å²) in [6.45, 7) is 0.693. The number of aliphatic hydroxyl groups is 1. The number of carbonyl (C=O) groups is 1. The number of benzene rings is 1. The highest BCUT2D eigenvalue weighted by molar-refractivity contribution is 6.30. The van der Waals surface area contributed by atoms with Crippen molar-refractivity contribution in [3.8, 4) is 0 Å². The average molecular weight is 282 g/mol. The zero-order chi connectivity index (χ0) is 13.7. The summed E-state index contributed by atoms with van der Waals surface area (Å²) in [5.41, 5.74) is 0.480. The molecule has 1 aliphatic rings. The van der Waals surface area contributed by atoms with Crippen LogP contribution in [-0.4, -0.2) is 24.2 Å². The van der Waals surface area contributed by atoms with Crippen LogP contribution in [0.2, 0.25) is 5.02 Å². The van der Waals surface area contributed by atoms with Crippen molar-refractivity contribution in [3.05, 3.63) is 34.9 Å². The molecule has 0 bridgehead atoms. The normalized spacial score (nSPS) is 18.0. The van der Waals surface area contributed by atoms with Gasteiger partial charge in [0.05, 0.1) is 6.61 Å². The molecule has 104 valence electrons. The third kappa shape index (κ3) is 3.71. The van der Waals surface area contributed by atoms with Crippen molar-refractivity contribution in [2.45, 2.75) is 32.1 Å². The molecule has 0 heterocycles. The van der Waals surface area contributed by atoms with E-state index in [9.17, 15) is 9.90 Å². The Kier molecular flexibility index (Phi) is 4.83. The molecule has 1 saturated carbocycles. The molecule has 19 heavy (non-hydrogen) atoms. The van der Waals surface area contributed by atoms with Crippen molar-refractivity contribution >= 4 is 17.5 Å². The van der Waals surface area contributed by atoms with Gasteiger partial charge in [0.1, 0.15) is 0 Å². The summed E-state index contributed by atoms with van der Waals surface area (Å²) in [6, 6.07) is 6.84. The minimum absolute atomic E-state index is 0.102. The largest absolute Gasteiger partial charge is 0.396 e. The van der Waals surface area contributed by atoms with Crippen molar-refractivity contribution in [1.82, 2.24) is 5.32 Å². The second-order valence-electron chi connectivity index (χ2n) is 5.41. The lowest BCUT2D eigenvalue weighted by atomic mass is 9.74. The molecule has 2 N–H and O–H groups in total. The second kappa shape index (κ2) is 6.40. The zero-order valence-electron chi connectivity index (χ0n) is 11.0. The number of halogens is 1. The standard InChI is InChI=1S/C15H20ClNO2/c16-13-6-4-12(5-7-13)14(19)17-10-15(11-18)8-2-1-3-9-15/h4-7,18H,1-3,8-11H2,(H,17,19). The number of rotatable bonds is 4. The summed E-state index contributed by atoms with van der Waals surface area (Å²) in [4.78, 5) is 12.0. The summed E-state index contributed by atoms with van der Waals surface area (Å²) in [7, 11) is 0. The van der Waals surface area contributed by atoms with Gasteiger partial charge in [0.25, 0.3) is 5.91 Å². The Morgan fingerprint density at radius 1 is 1.21 bits per heavy atom. The van der Waals surface area contributed by atoms with E-state index in [-0.39, 0.29) is 17.9 Å². The molecule has 2 rings (SSSR count). The molecule has 1 aromatic rings. The highest BCUT2D eigenvalue weighted by Crippen LogP contribution is 2.35. The van der Waals surface area contributed by atoms with Crippen LogP contribution in [0.15, 0.2) is 24.3 Å². The van der Waals surface area contributed by atoms with Crippen LogP contribution in [-0.2, 0) is 0 Å². The van der Waals surface area contributed by atoms with Crippen molar-refractivity contribution in [3.63, 3.8) is 0 Å². The van der Waals surface area contributed by atoms with E-state index in [0.29, 0.717) is 17.1 Å². The van der Waals surface area contributed by atoms with Gasteiger partial charge >= 0.3 is 0 Å². The van der Waals surface area contributed by atoms with E-state index < -0.39 is 0 Å². The van der Waals surface area contributed by atoms with Gasteiger partial charge in [-0.3, -0.25) is 4.79 Å². The molecule has 1 fully saturated rings. The predicted molar refractivity (Wildman–Crippen MR) is 76.4 cm³/mol. The molecule has 0 atom stereocenters. The molecule has 0 aliphatic heterocycles. The third-order valence-corrected chi connectivity index (χ3v) is 4.23. The molecule has 1 aromatic carbocycles. The Morgan fingerprint density at radius 2 is 1.84 bits per heavy atom. The Balaban J connectivity index is 1.93. The van der Waals surface area contributed by atoms with Gasteiger partial charge in [-0.25, -0.2) is 0 Å². The van der Waals surface area contributed by atoms with Gasteiger partial charge in [0, 0.05) is 22.5 Å². The van der Waals surface area contributed by atoms with Crippen LogP contribution in [0.25, 0.3) is 0 Å². The van der Waals surface area contributed by atoms with Crippen molar-refractivity contribution in [1.29, 1.82) is 0 Å². The van der Waals surface area contributed by atoms with E-state index in [1.54, 1.807) is 24.3 Å². The first kappa shape index (κ1) is 14.4. The number of aliphatic hydroxyl groups excluding tert-OH is 1. The number of carbonyl (C=O) groups excluding carboxylic acids is 1. The minimum Gasteiger partial charge on any atom is -0.396 e. The molecule has 1 aliphatic carbocycles. The Morgan fingerprint density at radius 3 is 2.42 bits per heavy atom. The Labute approximate surface area is 119 Å². The molecule has 3 nitrogen and oxygen atoms in total. The van der Waals surface area contributed by atoms with Gasteiger partial charge in [-0.2, -0.15) is 0 Å². The monoisotopic (exact) mass is 281 g/mol. The lowest BCUT2D eigenvalue weighted by molar-refractivity contribution is 0.0718. The highest BCUT2D eigenvalue weighted by atomic mass is 35.5. The summed E-state index contributed by atoms with van der Waals surface area (Å²) < 4.78 is 0. The van der Waals surface area contributed by atoms with Crippen molar-refractivity contribution in [2.75, 3.05) is 13.2 Å². The van der Waals surface area contributed by atoms with Crippen LogP contribution in [0.5, 0.6) is 0 Å². The molecule has 0 saturated heterocycles. The van der Waals surface area contributed by atoms with Crippen LogP contribution in [0.1, 0.15) is 42.5 Å². The quantitative estimate of drug-likeness (QED) is 0.891. The summed E-state index contributed by atoms with van der Waals surface area (Å²) in [5, 5.41) is 13.2. The summed E-state index contributed by atoms with van der Waals surface area (Å²) in [5.74, 6) is -0.102. The van der Waals surface area contributed by atoms with E-state index in [1.807, 2.05) is 0 Å². The lowest BCUT2D eigenvalue weighted by Crippen LogP contribution is -2.41. The van der Waals surface area contributed by atoms with Crippen LogP contribution >= 0.6 is 11.6 Å². The van der Waals surface area contributed by atoms with Crippen LogP contribution in [0.4, 0.5) is 0 Å². The maximum Gasteiger partial charge on any atom is 0.251 e. The molecular weight excluding hydrogens is 262 g/mol. The van der Waals surface area contributed by atoms with Gasteiger partial charge in [-0.15, -0.1) is 0 Å². The number of amides is 1. The molecular formula is C15H20ClNO2. The number of hydrogen-bond acceptors (Lipinski definition) is 2. The molecule has 0 radical (unpaired) electrons. The lowest BCUT2D eigenvalue weighted by Gasteiger charge is -2.35. The molecule has 0 unspecified atom stereocenters. The SMILES string of the molecule is O=C(NCC1(CO)CCCCC1)c1ccc(Cl)cc1. The average Bonchev–Trinajstić information content (AvgIpc) is 2.46. The van der Waals surface area contributed by atoms with Crippen molar-refractivity contribution < 1.29 is 9.90 Å². The van der Waals surface area contributed by atoms with Crippen LogP contribution < -0.4 is 5.32 Å². The molecule has 0 spiro atoms. The van der Waals surface area contributed by atoms with Crippen molar-refractivity contribution in [2.24, 2.45) is 5.41 Å². The first-order chi connectivity index (χ1) is 9.15. The summed E-state index contributed by atoms with van der Waals surface area (Å²) >= 11 is 5.79. The first-order valence-corrected chi connectivity index (χ1v) is 7.18. The maximum atomic E-state index is 12.0. The highest BCUT2D eigenvalue weighted by Gasteiger charge is 2.31. The Hall–Kier alpha value is -1.06. The fraction of sp³-hybridized carbons (Fsp3) is 0.533. The third-order valence-electron chi connectivity index (χ3n) is 3.98. The molecule has 4 heteroatoms. The van der Waals surface area contributed by atoms with Gasteiger partial charge in [-0.05, 0) is 37.1 Å². The van der Waals surface area contributed by atoms with Crippen LogP contribution in [0, 0.1) is 5.41 Å². The van der Waals surface area contributed by atoms with Gasteiger partial charge in [0.2, 0.25) is 0 Å². The molecule has 1 amide bonds. The van der Waals surface area contributed by atoms with Gasteiger partial charge < -0.3 is 10.4 Å². The number of hydrogen-bond donors (Lipinski definition) is 2. The topological polar surface area (TPSA) is 49.3 Å². The zero-order valence-corrected chi connectivity index (χ0v) is 11.7. The van der Waals surface area contributed by atoms with E-state index in [1.165, 1.54) is 6.42 Å². The number of nitrogens with one attached hydrogen (secondary N) is 1. The summed E-state index contributed by atoms with van der Waals surface area (Å²) in [6.07, 6.45) is 5.48. The smallest absolute Gasteiger partial charge is 0.251 e. The van der Waals surface area contributed by atoms with Gasteiger partial charge in [-0.1, -0.05) is 30.9 Å². The van der Waals surface area contributed by atoms with E-state index in [2.05, 4.69) is 5.32 Å². The van der Waals surface area contributed by atoms with Crippen LogP contribution in [0.3, 0.4) is 0 Å². The second-order valence-corrected chi connectivity index (χ2v) is 5.84. The predicted octanol–water partition coefficient (Wildman–Crippen LogP) is 3.01. The fourth-order valence-electron chi connectivity index (χ4n) is 2.66.